The molecule has 0 aliphatic heterocycles. The van der Waals surface area contributed by atoms with Gasteiger partial charge in [-0.2, -0.15) is 5.26 Å². The van der Waals surface area contributed by atoms with Crippen LogP contribution in [0.1, 0.15) is 32.6 Å². The van der Waals surface area contributed by atoms with E-state index in [-0.39, 0.29) is 23.2 Å². The molecule has 0 spiro atoms. The van der Waals surface area contributed by atoms with Gasteiger partial charge in [-0.05, 0) is 71.3 Å². The maximum Gasteiger partial charge on any atom is 0.251 e. The van der Waals surface area contributed by atoms with Crippen LogP contribution in [0.3, 0.4) is 0 Å². The largest absolute Gasteiger partial charge is 0.348 e. The normalized spacial score (nSPS) is 11.8. The van der Waals surface area contributed by atoms with Crippen LogP contribution in [0.25, 0.3) is 22.6 Å². The van der Waals surface area contributed by atoms with E-state index in [0.717, 1.165) is 22.0 Å². The number of benzene rings is 4. The van der Waals surface area contributed by atoms with Crippen molar-refractivity contribution in [3.8, 4) is 6.07 Å². The predicted molar refractivity (Wildman–Crippen MR) is 161 cm³/mol. The molecule has 42 heavy (non-hydrogen) atoms. The van der Waals surface area contributed by atoms with E-state index in [1.807, 2.05) is 22.9 Å². The average molecular weight is 599 g/mol. The third-order valence-electron chi connectivity index (χ3n) is 6.70. The number of fused-ring (bicyclic) bond motifs is 1. The van der Waals surface area contributed by atoms with Gasteiger partial charge >= 0.3 is 0 Å². The fourth-order valence-corrected chi connectivity index (χ4v) is 5.25. The number of carbonyl (C=O) groups excluding carboxylic acids is 1. The first-order valence-electron chi connectivity index (χ1n) is 12.8. The number of nitriles is 1. The minimum atomic E-state index is -3.80. The molecule has 0 radical (unpaired) electrons. The molecule has 5 rings (SSSR count). The zero-order valence-electron chi connectivity index (χ0n) is 22.1. The molecule has 1 heterocycles. The number of carbonyl (C=O) groups is 1. The maximum absolute atomic E-state index is 13.4. The molecule has 1 amide bonds. The number of sulfonamides is 1. The molecule has 1 aromatic heterocycles. The molecule has 5 aromatic rings. The van der Waals surface area contributed by atoms with Gasteiger partial charge in [0.1, 0.15) is 5.82 Å². The lowest BCUT2D eigenvalue weighted by Crippen LogP contribution is -2.23. The Hall–Kier alpha value is -4.75. The molecule has 0 aliphatic carbocycles. The van der Waals surface area contributed by atoms with E-state index in [0.29, 0.717) is 33.8 Å². The summed E-state index contributed by atoms with van der Waals surface area (Å²) in [6, 6.07) is 26.7. The van der Waals surface area contributed by atoms with Crippen LogP contribution < -0.4 is 10.5 Å². The Morgan fingerprint density at radius 2 is 1.67 bits per heavy atom. The van der Waals surface area contributed by atoms with Gasteiger partial charge in [0.05, 0.1) is 22.1 Å². The molecule has 0 unspecified atom stereocenters. The molecular weight excluding hydrogens is 575 g/mol. The molecule has 0 saturated heterocycles. The summed E-state index contributed by atoms with van der Waals surface area (Å²) in [5, 5.41) is 19.4. The summed E-state index contributed by atoms with van der Waals surface area (Å²) in [6.07, 6.45) is 3.68. The second-order valence-corrected chi connectivity index (χ2v) is 11.6. The third kappa shape index (κ3) is 6.58. The summed E-state index contributed by atoms with van der Waals surface area (Å²) in [6.45, 7) is 0.651. The first kappa shape index (κ1) is 28.8. The van der Waals surface area contributed by atoms with Gasteiger partial charge in [-0.15, -0.1) is 0 Å². The van der Waals surface area contributed by atoms with Gasteiger partial charge in [0.25, 0.3) is 5.91 Å². The summed E-state index contributed by atoms with van der Waals surface area (Å²) in [5.74, 6) is -0.661. The van der Waals surface area contributed by atoms with Crippen LogP contribution in [0.5, 0.6) is 0 Å². The molecule has 0 fully saturated rings. The number of amides is 1. The van der Waals surface area contributed by atoms with Crippen molar-refractivity contribution in [1.82, 2.24) is 9.88 Å². The Morgan fingerprint density at radius 3 is 2.36 bits per heavy atom. The lowest BCUT2D eigenvalue weighted by atomic mass is 10.0. The van der Waals surface area contributed by atoms with Gasteiger partial charge in [-0.25, -0.2) is 17.9 Å². The van der Waals surface area contributed by atoms with Crippen molar-refractivity contribution in [2.75, 3.05) is 0 Å². The first-order chi connectivity index (χ1) is 20.1. The number of nitrogens with zero attached hydrogens (tertiary/aromatic N) is 2. The molecule has 0 bridgehead atoms. The van der Waals surface area contributed by atoms with Crippen LogP contribution in [0, 0.1) is 17.1 Å². The number of primary sulfonamides is 1. The van der Waals surface area contributed by atoms with E-state index in [9.17, 15) is 22.9 Å². The van der Waals surface area contributed by atoms with Gasteiger partial charge in [-0.3, -0.25) is 4.79 Å². The second-order valence-electron chi connectivity index (χ2n) is 9.62. The van der Waals surface area contributed by atoms with Gasteiger partial charge < -0.3 is 9.88 Å². The van der Waals surface area contributed by atoms with E-state index < -0.39 is 10.0 Å². The number of rotatable bonds is 8. The number of allylic oxidation sites excluding steroid dienone is 1. The van der Waals surface area contributed by atoms with Crippen LogP contribution in [0.4, 0.5) is 4.39 Å². The smallest absolute Gasteiger partial charge is 0.251 e. The van der Waals surface area contributed by atoms with Crippen molar-refractivity contribution >= 4 is 50.1 Å². The molecule has 10 heteroatoms. The van der Waals surface area contributed by atoms with E-state index in [4.69, 9.17) is 16.7 Å². The number of halogens is 2. The molecule has 0 atom stereocenters. The predicted octanol–water partition coefficient (Wildman–Crippen LogP) is 6.12. The molecule has 3 N–H and O–H groups in total. The number of hydrogen-bond donors (Lipinski definition) is 2. The van der Waals surface area contributed by atoms with Gasteiger partial charge in [0.2, 0.25) is 10.0 Å². The molecule has 0 saturated carbocycles. The van der Waals surface area contributed by atoms with Gasteiger partial charge in [0.15, 0.2) is 0 Å². The van der Waals surface area contributed by atoms with Crippen LogP contribution >= 0.6 is 11.6 Å². The van der Waals surface area contributed by atoms with Crippen molar-refractivity contribution in [2.24, 2.45) is 5.14 Å². The summed E-state index contributed by atoms with van der Waals surface area (Å²) >= 11 is 6.29. The number of nitrogens with two attached hydrogens (primary N) is 1. The second kappa shape index (κ2) is 12.0. The van der Waals surface area contributed by atoms with Crippen LogP contribution in [-0.4, -0.2) is 18.9 Å². The zero-order chi connectivity index (χ0) is 29.9. The van der Waals surface area contributed by atoms with Crippen molar-refractivity contribution in [3.05, 3.63) is 136 Å². The SMILES string of the molecule is N#C/C(=C\c1cn(Cc2ccc(F)cc2)c2cc(Cl)ccc12)c1cccc(C(=O)NCc2ccc(S(N)(=O)=O)cc2)c1. The van der Waals surface area contributed by atoms with E-state index in [1.54, 1.807) is 60.7 Å². The van der Waals surface area contributed by atoms with Gasteiger partial charge in [-0.1, -0.05) is 54.1 Å². The van der Waals surface area contributed by atoms with Crippen molar-refractivity contribution in [1.29, 1.82) is 5.26 Å². The maximum atomic E-state index is 13.4. The lowest BCUT2D eigenvalue weighted by Gasteiger charge is -2.08. The highest BCUT2D eigenvalue weighted by Gasteiger charge is 2.13. The van der Waals surface area contributed by atoms with E-state index >= 15 is 0 Å². The molecular formula is C32H24ClFN4O3S. The van der Waals surface area contributed by atoms with Gasteiger partial charge in [0, 0.05) is 40.8 Å². The van der Waals surface area contributed by atoms with Crippen LogP contribution in [0.2, 0.25) is 5.02 Å². The summed E-state index contributed by atoms with van der Waals surface area (Å²) in [7, 11) is -3.80. The minimum Gasteiger partial charge on any atom is -0.348 e. The van der Waals surface area contributed by atoms with Crippen molar-refractivity contribution < 1.29 is 17.6 Å². The fraction of sp³-hybridized carbons (Fsp3) is 0.0625. The quantitative estimate of drug-likeness (QED) is 0.209. The Balaban J connectivity index is 1.40. The highest BCUT2D eigenvalue weighted by atomic mass is 35.5. The molecule has 0 aliphatic rings. The first-order valence-corrected chi connectivity index (χ1v) is 14.7. The molecule has 4 aromatic carbocycles. The fourth-order valence-electron chi connectivity index (χ4n) is 4.57. The minimum absolute atomic E-state index is 0.0113. The third-order valence-corrected chi connectivity index (χ3v) is 7.87. The Kier molecular flexibility index (Phi) is 8.22. The topological polar surface area (TPSA) is 118 Å². The Morgan fingerprint density at radius 1 is 0.976 bits per heavy atom. The van der Waals surface area contributed by atoms with Crippen molar-refractivity contribution in [2.45, 2.75) is 18.0 Å². The highest BCUT2D eigenvalue weighted by molar-refractivity contribution is 7.89. The Labute approximate surface area is 247 Å². The monoisotopic (exact) mass is 598 g/mol. The average Bonchev–Trinajstić information content (AvgIpc) is 3.31. The van der Waals surface area contributed by atoms with E-state index in [2.05, 4.69) is 11.4 Å². The Bertz CT molecular complexity index is 1980. The summed E-state index contributed by atoms with van der Waals surface area (Å²) in [5.41, 5.74) is 4.54. The lowest BCUT2D eigenvalue weighted by molar-refractivity contribution is 0.0951. The molecule has 210 valence electrons. The number of aromatic nitrogens is 1. The van der Waals surface area contributed by atoms with Crippen LogP contribution in [0.15, 0.2) is 102 Å². The number of hydrogen-bond acceptors (Lipinski definition) is 4. The summed E-state index contributed by atoms with van der Waals surface area (Å²) < 4.78 is 38.3. The number of nitrogens with one attached hydrogen (secondary N) is 1. The zero-order valence-corrected chi connectivity index (χ0v) is 23.7. The van der Waals surface area contributed by atoms with E-state index in [1.165, 1.54) is 24.3 Å². The van der Waals surface area contributed by atoms with Crippen LogP contribution in [-0.2, 0) is 23.1 Å². The highest BCUT2D eigenvalue weighted by Crippen LogP contribution is 2.29. The molecule has 7 nitrogen and oxygen atoms in total. The van der Waals surface area contributed by atoms with Crippen molar-refractivity contribution in [3.63, 3.8) is 0 Å². The standard InChI is InChI=1S/C32H24ClFN4O3S/c33-27-8-13-30-26(20-38(31(30)16-27)19-22-4-9-28(34)10-5-22)15-25(17-35)23-2-1-3-24(14-23)32(39)37-18-21-6-11-29(12-7-21)42(36,40)41/h1-16,20H,18-19H2,(H,37,39)(H2,36,40,41)/b25-15+. The summed E-state index contributed by atoms with van der Waals surface area (Å²) in [4.78, 5) is 12.9.